The van der Waals surface area contributed by atoms with Crippen molar-refractivity contribution in [1.82, 2.24) is 0 Å². The van der Waals surface area contributed by atoms with Gasteiger partial charge in [0.1, 0.15) is 12.7 Å². The number of aliphatic hydroxyl groups excluding tert-OH is 1. The molecule has 0 aromatic rings. The molecule has 0 saturated heterocycles. The number of esters is 3. The molecule has 82 heavy (non-hydrogen) atoms. The van der Waals surface area contributed by atoms with Crippen molar-refractivity contribution in [2.75, 3.05) is 26.4 Å². The molecular formula is C70H127O11P. The highest BCUT2D eigenvalue weighted by Crippen LogP contribution is 2.43. The minimum Gasteiger partial charge on any atom is -0.462 e. The highest BCUT2D eigenvalue weighted by Gasteiger charge is 2.28. The molecule has 0 heterocycles. The van der Waals surface area contributed by atoms with Gasteiger partial charge in [0.2, 0.25) is 0 Å². The summed E-state index contributed by atoms with van der Waals surface area (Å²) in [5.41, 5.74) is 0. The van der Waals surface area contributed by atoms with Crippen LogP contribution in [0.15, 0.2) is 60.8 Å². The quantitative estimate of drug-likeness (QED) is 0.0197. The molecule has 3 unspecified atom stereocenters. The molecule has 3 atom stereocenters. The van der Waals surface area contributed by atoms with Crippen LogP contribution in [0, 0.1) is 0 Å². The fraction of sp³-hybridized carbons (Fsp3) is 0.814. The zero-order valence-corrected chi connectivity index (χ0v) is 54.1. The van der Waals surface area contributed by atoms with Gasteiger partial charge >= 0.3 is 25.7 Å². The van der Waals surface area contributed by atoms with E-state index in [1.54, 1.807) is 0 Å². The van der Waals surface area contributed by atoms with E-state index in [4.69, 9.17) is 23.3 Å². The third-order valence-electron chi connectivity index (χ3n) is 14.9. The number of ether oxygens (including phenoxy) is 3. The van der Waals surface area contributed by atoms with Gasteiger partial charge < -0.3 is 24.2 Å². The van der Waals surface area contributed by atoms with Crippen LogP contribution in [0.1, 0.15) is 329 Å². The molecule has 2 N–H and O–H groups in total. The monoisotopic (exact) mass is 1170 g/mol. The topological polar surface area (TPSA) is 155 Å². The smallest absolute Gasteiger partial charge is 0.462 e. The lowest BCUT2D eigenvalue weighted by Crippen LogP contribution is -2.30. The van der Waals surface area contributed by atoms with Crippen LogP contribution in [0.2, 0.25) is 0 Å². The van der Waals surface area contributed by atoms with E-state index in [0.717, 1.165) is 109 Å². The summed E-state index contributed by atoms with van der Waals surface area (Å²) in [6.45, 7) is 4.58. The predicted octanol–water partition coefficient (Wildman–Crippen LogP) is 21.0. The van der Waals surface area contributed by atoms with Gasteiger partial charge in [-0.05, 0) is 83.5 Å². The minimum atomic E-state index is -4.76. The van der Waals surface area contributed by atoms with E-state index >= 15 is 0 Å². The average molecular weight is 1180 g/mol. The molecule has 0 rings (SSSR count). The van der Waals surface area contributed by atoms with Gasteiger partial charge in [-0.2, -0.15) is 0 Å². The number of unbranched alkanes of at least 4 members (excludes halogenated alkanes) is 37. The molecule has 0 saturated carbocycles. The number of phosphoric ester groups is 1. The third-order valence-corrected chi connectivity index (χ3v) is 15.9. The molecule has 12 heteroatoms. The number of allylic oxidation sites excluding steroid dienone is 10. The van der Waals surface area contributed by atoms with Crippen molar-refractivity contribution in [3.8, 4) is 0 Å². The minimum absolute atomic E-state index is 0.152. The van der Waals surface area contributed by atoms with E-state index in [0.29, 0.717) is 19.3 Å². The lowest BCUT2D eigenvalue weighted by atomic mass is 10.0. The van der Waals surface area contributed by atoms with Gasteiger partial charge in [-0.15, -0.1) is 0 Å². The first kappa shape index (κ1) is 79.2. The summed E-state index contributed by atoms with van der Waals surface area (Å²) in [6.07, 6.45) is 73.1. The maximum atomic E-state index is 13.0. The first-order valence-corrected chi connectivity index (χ1v) is 35.7. The summed E-state index contributed by atoms with van der Waals surface area (Å²) < 4.78 is 39.8. The number of aliphatic hydroxyl groups is 1. The molecule has 0 amide bonds. The number of hydrogen-bond donors (Lipinski definition) is 2. The van der Waals surface area contributed by atoms with Gasteiger partial charge in [-0.3, -0.25) is 23.4 Å². The molecule has 0 aliphatic rings. The van der Waals surface area contributed by atoms with Crippen LogP contribution in [-0.4, -0.2) is 66.5 Å². The van der Waals surface area contributed by atoms with Crippen LogP contribution in [0.25, 0.3) is 0 Å². The fourth-order valence-corrected chi connectivity index (χ4v) is 10.5. The number of phosphoric acid groups is 1. The molecule has 0 aliphatic carbocycles. The van der Waals surface area contributed by atoms with Crippen LogP contribution in [0.5, 0.6) is 0 Å². The lowest BCUT2D eigenvalue weighted by molar-refractivity contribution is -0.161. The van der Waals surface area contributed by atoms with E-state index in [1.807, 2.05) is 0 Å². The zero-order valence-electron chi connectivity index (χ0n) is 53.2. The predicted molar refractivity (Wildman–Crippen MR) is 344 cm³/mol. The van der Waals surface area contributed by atoms with Crippen LogP contribution in [0.4, 0.5) is 0 Å². The number of carbonyl (C=O) groups is 3. The zero-order chi connectivity index (χ0) is 59.8. The second kappa shape index (κ2) is 64.2. The molecule has 0 aliphatic heterocycles. The summed E-state index contributed by atoms with van der Waals surface area (Å²) >= 11 is 0. The van der Waals surface area contributed by atoms with Gasteiger partial charge in [-0.25, -0.2) is 4.57 Å². The van der Waals surface area contributed by atoms with Gasteiger partial charge in [0.25, 0.3) is 0 Å². The molecule has 0 radical (unpaired) electrons. The van der Waals surface area contributed by atoms with Crippen molar-refractivity contribution in [3.63, 3.8) is 0 Å². The van der Waals surface area contributed by atoms with E-state index in [9.17, 15) is 28.9 Å². The second-order valence-electron chi connectivity index (χ2n) is 23.0. The van der Waals surface area contributed by atoms with Crippen molar-refractivity contribution >= 4 is 25.7 Å². The van der Waals surface area contributed by atoms with Gasteiger partial charge in [-0.1, -0.05) is 287 Å². The Morgan fingerprint density at radius 3 is 0.988 bits per heavy atom. The Kier molecular flexibility index (Phi) is 62.0. The van der Waals surface area contributed by atoms with Crippen LogP contribution in [-0.2, 0) is 42.2 Å². The van der Waals surface area contributed by atoms with E-state index in [1.165, 1.54) is 161 Å². The summed E-state index contributed by atoms with van der Waals surface area (Å²) in [5, 5.41) is 9.88. The molecule has 0 spiro atoms. The normalized spacial score (nSPS) is 13.6. The lowest BCUT2D eigenvalue weighted by Gasteiger charge is -2.21. The molecule has 11 nitrogen and oxygen atoms in total. The van der Waals surface area contributed by atoms with Crippen LogP contribution in [0.3, 0.4) is 0 Å². The Morgan fingerprint density at radius 2 is 0.634 bits per heavy atom. The maximum Gasteiger partial charge on any atom is 0.472 e. The maximum absolute atomic E-state index is 13.0. The summed E-state index contributed by atoms with van der Waals surface area (Å²) in [7, 11) is -4.76. The Balaban J connectivity index is 4.67. The Morgan fingerprint density at radius 1 is 0.354 bits per heavy atom. The van der Waals surface area contributed by atoms with Crippen molar-refractivity contribution in [3.05, 3.63) is 60.8 Å². The van der Waals surface area contributed by atoms with E-state index in [-0.39, 0.29) is 25.9 Å². The molecular weight excluding hydrogens is 1050 g/mol. The molecule has 0 aromatic carbocycles. The summed E-state index contributed by atoms with van der Waals surface area (Å²) in [4.78, 5) is 48.9. The van der Waals surface area contributed by atoms with Gasteiger partial charge in [0, 0.05) is 19.3 Å². The number of carbonyl (C=O) groups excluding carboxylic acids is 3. The average Bonchev–Trinajstić information content (AvgIpc) is 3.50. The highest BCUT2D eigenvalue weighted by atomic mass is 31.2. The van der Waals surface area contributed by atoms with Gasteiger partial charge in [0.15, 0.2) is 6.10 Å². The molecule has 0 fully saturated rings. The Hall–Kier alpha value is -2.82. The fourth-order valence-electron chi connectivity index (χ4n) is 9.76. The van der Waals surface area contributed by atoms with E-state index < -0.39 is 57.8 Å². The van der Waals surface area contributed by atoms with Crippen molar-refractivity contribution in [1.29, 1.82) is 0 Å². The SMILES string of the molecule is CC/C=C\C/C=C\C/C=C\C/C=C\CCCCCCCCC(=O)OC(COC(=O)CCCCCCCCC/C=C\CCCCCCCC)COP(=O)(O)OCC(CO)OC(=O)CCCCCCCCCCCCCCCCCCCCC. The first-order chi connectivity index (χ1) is 40.2. The summed E-state index contributed by atoms with van der Waals surface area (Å²) in [6, 6.07) is 0. The number of hydrogen-bond acceptors (Lipinski definition) is 10. The third kappa shape index (κ3) is 61.7. The van der Waals surface area contributed by atoms with Gasteiger partial charge in [0.05, 0.1) is 19.8 Å². The highest BCUT2D eigenvalue weighted by molar-refractivity contribution is 7.47. The van der Waals surface area contributed by atoms with Crippen molar-refractivity contribution < 1.29 is 52.2 Å². The molecule has 0 aromatic heterocycles. The molecule has 0 bridgehead atoms. The summed E-state index contributed by atoms with van der Waals surface area (Å²) in [5.74, 6) is -1.46. The van der Waals surface area contributed by atoms with Crippen molar-refractivity contribution in [2.24, 2.45) is 0 Å². The van der Waals surface area contributed by atoms with Crippen LogP contribution < -0.4 is 0 Å². The number of rotatable bonds is 64. The first-order valence-electron chi connectivity index (χ1n) is 34.2. The standard InChI is InChI=1S/C70H127O11P/c1-4-7-10-13-16-19-22-25-28-31-33-36-39-42-45-48-51-54-57-60-69(73)80-66(62-71)64-78-82(75,76)79-65-67(63-77-68(72)59-56-53-50-47-44-41-38-35-30-27-24-21-18-15-12-9-6-3)81-70(74)61-58-55-52-49-46-43-40-37-34-32-29-26-23-20-17-14-11-8-5-2/h8,11,17,20,26-27,29-30,34,37,66-67,71H,4-7,9-10,12-16,18-19,21-25,28,31-33,35-36,38-65H2,1-3H3,(H,75,76)/b11-8-,20-17-,29-26-,30-27-,37-34-. The Labute approximate surface area is 504 Å². The van der Waals surface area contributed by atoms with E-state index in [2.05, 4.69) is 81.5 Å². The van der Waals surface area contributed by atoms with Crippen molar-refractivity contribution in [2.45, 2.75) is 341 Å². The Bertz CT molecular complexity index is 1610. The largest absolute Gasteiger partial charge is 0.472 e. The second-order valence-corrected chi connectivity index (χ2v) is 24.4. The molecule has 478 valence electrons. The van der Waals surface area contributed by atoms with Crippen LogP contribution >= 0.6 is 7.82 Å².